The molecule has 0 aliphatic rings. The van der Waals surface area contributed by atoms with Crippen molar-refractivity contribution in [3.8, 4) is 0 Å². The summed E-state index contributed by atoms with van der Waals surface area (Å²) in [4.78, 5) is 6.39. The van der Waals surface area contributed by atoms with Gasteiger partial charge in [-0.15, -0.1) is 0 Å². The quantitative estimate of drug-likeness (QED) is 0.731. The van der Waals surface area contributed by atoms with E-state index in [0.29, 0.717) is 11.5 Å². The lowest BCUT2D eigenvalue weighted by Crippen LogP contribution is -2.16. The Labute approximate surface area is 143 Å². The van der Waals surface area contributed by atoms with Gasteiger partial charge < -0.3 is 10.2 Å². The molecule has 0 unspecified atom stereocenters. The molecule has 0 amide bonds. The predicted molar refractivity (Wildman–Crippen MR) is 92.1 cm³/mol. The average Bonchev–Trinajstić information content (AvgIpc) is 3.04. The lowest BCUT2D eigenvalue weighted by Gasteiger charge is -2.14. The number of aromatic nitrogens is 2. The lowest BCUT2D eigenvalue weighted by molar-refractivity contribution is 0.574. The van der Waals surface area contributed by atoms with E-state index in [1.807, 2.05) is 42.3 Å². The molecule has 0 spiro atoms. The van der Waals surface area contributed by atoms with Crippen molar-refractivity contribution < 1.29 is 8.78 Å². The molecule has 0 aliphatic heterocycles. The number of nitrogens with one attached hydrogen (secondary N) is 1. The van der Waals surface area contributed by atoms with Crippen molar-refractivity contribution in [2.75, 3.05) is 17.3 Å². The van der Waals surface area contributed by atoms with Crippen LogP contribution in [0.1, 0.15) is 11.1 Å². The highest BCUT2D eigenvalue weighted by Crippen LogP contribution is 2.21. The summed E-state index contributed by atoms with van der Waals surface area (Å²) in [7, 11) is 1.94. The molecule has 0 saturated heterocycles. The molecule has 0 saturated carbocycles. The Bertz CT molecular complexity index is 807. The minimum absolute atomic E-state index is 0.199. The fraction of sp³-hybridized carbons (Fsp3) is 0.176. The molecule has 124 valence electrons. The first-order valence-electron chi connectivity index (χ1n) is 7.38. The maximum Gasteiger partial charge on any atom is 0.236 e. The van der Waals surface area contributed by atoms with E-state index in [2.05, 4.69) is 14.7 Å². The molecular weight excluding hydrogens is 330 g/mol. The highest BCUT2D eigenvalue weighted by atomic mass is 32.1. The number of rotatable bonds is 6. The normalized spacial score (nSPS) is 10.6. The molecule has 24 heavy (non-hydrogen) atoms. The molecule has 0 fully saturated rings. The van der Waals surface area contributed by atoms with E-state index in [1.165, 1.54) is 29.2 Å². The maximum atomic E-state index is 13.6. The van der Waals surface area contributed by atoms with Gasteiger partial charge in [0.15, 0.2) is 0 Å². The summed E-state index contributed by atoms with van der Waals surface area (Å²) in [5.41, 5.74) is 1.54. The van der Waals surface area contributed by atoms with E-state index in [0.717, 1.165) is 17.7 Å². The van der Waals surface area contributed by atoms with E-state index in [-0.39, 0.29) is 6.54 Å². The summed E-state index contributed by atoms with van der Waals surface area (Å²) in [6.07, 6.45) is 0. The number of hydrogen-bond donors (Lipinski definition) is 1. The molecule has 0 radical (unpaired) electrons. The molecule has 3 rings (SSSR count). The summed E-state index contributed by atoms with van der Waals surface area (Å²) < 4.78 is 30.7. The van der Waals surface area contributed by atoms with Crippen LogP contribution in [0.5, 0.6) is 0 Å². The van der Waals surface area contributed by atoms with Crippen molar-refractivity contribution in [3.05, 3.63) is 71.3 Å². The fourth-order valence-electron chi connectivity index (χ4n) is 2.21. The van der Waals surface area contributed by atoms with Crippen molar-refractivity contribution >= 4 is 22.6 Å². The van der Waals surface area contributed by atoms with Crippen molar-refractivity contribution in [1.82, 2.24) is 9.36 Å². The number of nitrogens with zero attached hydrogens (tertiary/aromatic N) is 3. The van der Waals surface area contributed by atoms with E-state index in [4.69, 9.17) is 0 Å². The van der Waals surface area contributed by atoms with Crippen LogP contribution < -0.4 is 10.2 Å². The van der Waals surface area contributed by atoms with Crippen LogP contribution >= 0.6 is 11.5 Å². The standard InChI is InChI=1S/C17H16F2N4S/c1-23(11-12-5-3-2-4-6-12)17-21-16(22-24-17)20-10-13-7-8-14(18)9-15(13)19/h2-9H,10-11H2,1H3,(H,20,22). The van der Waals surface area contributed by atoms with Gasteiger partial charge >= 0.3 is 0 Å². The Hall–Kier alpha value is -2.54. The molecule has 0 bridgehead atoms. The van der Waals surface area contributed by atoms with Crippen LogP contribution in [0, 0.1) is 11.6 Å². The number of benzene rings is 2. The zero-order chi connectivity index (χ0) is 16.9. The zero-order valence-electron chi connectivity index (χ0n) is 13.0. The van der Waals surface area contributed by atoms with Gasteiger partial charge in [0.2, 0.25) is 11.1 Å². The van der Waals surface area contributed by atoms with Gasteiger partial charge in [-0.2, -0.15) is 9.36 Å². The van der Waals surface area contributed by atoms with Crippen LogP contribution in [0.15, 0.2) is 48.5 Å². The summed E-state index contributed by atoms with van der Waals surface area (Å²) in [6.45, 7) is 0.923. The van der Waals surface area contributed by atoms with Crippen LogP contribution in [-0.2, 0) is 13.1 Å². The molecule has 7 heteroatoms. The van der Waals surface area contributed by atoms with Gasteiger partial charge in [0, 0.05) is 43.3 Å². The molecule has 1 heterocycles. The van der Waals surface area contributed by atoms with E-state index in [1.54, 1.807) is 0 Å². The van der Waals surface area contributed by atoms with E-state index in [9.17, 15) is 8.78 Å². The monoisotopic (exact) mass is 346 g/mol. The fourth-order valence-corrected chi connectivity index (χ4v) is 2.81. The van der Waals surface area contributed by atoms with Crippen molar-refractivity contribution in [2.24, 2.45) is 0 Å². The third kappa shape index (κ3) is 4.05. The van der Waals surface area contributed by atoms with Crippen LogP contribution in [0.4, 0.5) is 19.9 Å². The molecule has 1 N–H and O–H groups in total. The number of halogens is 2. The first-order chi connectivity index (χ1) is 11.6. The smallest absolute Gasteiger partial charge is 0.236 e. The highest BCUT2D eigenvalue weighted by Gasteiger charge is 2.10. The summed E-state index contributed by atoms with van der Waals surface area (Å²) in [5.74, 6) is -0.745. The Morgan fingerprint density at radius 3 is 2.67 bits per heavy atom. The molecule has 0 aliphatic carbocycles. The van der Waals surface area contributed by atoms with Gasteiger partial charge in [0.25, 0.3) is 0 Å². The van der Waals surface area contributed by atoms with Crippen LogP contribution in [0.2, 0.25) is 0 Å². The molecule has 1 aromatic heterocycles. The zero-order valence-corrected chi connectivity index (χ0v) is 13.9. The predicted octanol–water partition coefficient (Wildman–Crippen LogP) is 4.06. The van der Waals surface area contributed by atoms with Crippen LogP contribution in [0.3, 0.4) is 0 Å². The first kappa shape index (κ1) is 16.3. The topological polar surface area (TPSA) is 41.1 Å². The summed E-state index contributed by atoms with van der Waals surface area (Å²) in [6, 6.07) is 13.6. The first-order valence-corrected chi connectivity index (χ1v) is 8.16. The van der Waals surface area contributed by atoms with Crippen LogP contribution in [0.25, 0.3) is 0 Å². The molecular formula is C17H16F2N4S. The third-order valence-electron chi connectivity index (χ3n) is 3.46. The van der Waals surface area contributed by atoms with Gasteiger partial charge in [-0.3, -0.25) is 0 Å². The molecule has 4 nitrogen and oxygen atoms in total. The maximum absolute atomic E-state index is 13.6. The van der Waals surface area contributed by atoms with E-state index >= 15 is 0 Å². The minimum atomic E-state index is -0.590. The van der Waals surface area contributed by atoms with Crippen molar-refractivity contribution in [2.45, 2.75) is 13.1 Å². The average molecular weight is 346 g/mol. The van der Waals surface area contributed by atoms with Crippen molar-refractivity contribution in [1.29, 1.82) is 0 Å². The largest absolute Gasteiger partial charge is 0.349 e. The second-order valence-electron chi connectivity index (χ2n) is 5.33. The lowest BCUT2D eigenvalue weighted by atomic mass is 10.2. The SMILES string of the molecule is CN(Cc1ccccc1)c1nc(NCc2ccc(F)cc2F)ns1. The minimum Gasteiger partial charge on any atom is -0.349 e. The Morgan fingerprint density at radius 2 is 1.92 bits per heavy atom. The van der Waals surface area contributed by atoms with Gasteiger partial charge in [-0.25, -0.2) is 8.78 Å². The van der Waals surface area contributed by atoms with Gasteiger partial charge in [-0.1, -0.05) is 36.4 Å². The molecule has 2 aromatic carbocycles. The van der Waals surface area contributed by atoms with Gasteiger partial charge in [0.1, 0.15) is 11.6 Å². The Balaban J connectivity index is 1.61. The summed E-state index contributed by atoms with van der Waals surface area (Å²) in [5, 5.41) is 3.72. The summed E-state index contributed by atoms with van der Waals surface area (Å²) >= 11 is 1.27. The molecule has 0 atom stereocenters. The van der Waals surface area contributed by atoms with Gasteiger partial charge in [-0.05, 0) is 11.6 Å². The highest BCUT2D eigenvalue weighted by molar-refractivity contribution is 7.09. The second kappa shape index (κ2) is 7.35. The number of hydrogen-bond acceptors (Lipinski definition) is 5. The number of anilines is 2. The van der Waals surface area contributed by atoms with Crippen LogP contribution in [-0.4, -0.2) is 16.4 Å². The Morgan fingerprint density at radius 1 is 1.12 bits per heavy atom. The second-order valence-corrected chi connectivity index (χ2v) is 6.06. The van der Waals surface area contributed by atoms with Gasteiger partial charge in [0.05, 0.1) is 0 Å². The molecule has 3 aromatic rings. The van der Waals surface area contributed by atoms with E-state index < -0.39 is 11.6 Å². The van der Waals surface area contributed by atoms with Crippen molar-refractivity contribution in [3.63, 3.8) is 0 Å². The Kier molecular flexibility index (Phi) is 5.00. The third-order valence-corrected chi connectivity index (χ3v) is 4.29.